The van der Waals surface area contributed by atoms with Crippen molar-refractivity contribution < 1.29 is 9.11 Å². The smallest absolute Gasteiger partial charge is 0.0244 e. The Hall–Kier alpha value is 0.190. The molecule has 5 heteroatoms. The predicted molar refractivity (Wildman–Crippen MR) is 39.9 cm³/mol. The SMILES string of the molecule is CC(C)N(C)S(N)(O)O. The molecular weight excluding hydrogens is 140 g/mol. The van der Waals surface area contributed by atoms with E-state index in [0.29, 0.717) is 0 Å². The molecule has 0 unspecified atom stereocenters. The summed E-state index contributed by atoms with van der Waals surface area (Å²) in [6, 6.07) is 0.0556. The van der Waals surface area contributed by atoms with E-state index < -0.39 is 11.0 Å². The van der Waals surface area contributed by atoms with Crippen molar-refractivity contribution in [1.29, 1.82) is 0 Å². The van der Waals surface area contributed by atoms with Gasteiger partial charge < -0.3 is 0 Å². The van der Waals surface area contributed by atoms with E-state index in [1.807, 2.05) is 13.8 Å². The monoisotopic (exact) mass is 154 g/mol. The van der Waals surface area contributed by atoms with Gasteiger partial charge in [-0.25, -0.2) is 5.14 Å². The van der Waals surface area contributed by atoms with Crippen molar-refractivity contribution in [3.63, 3.8) is 0 Å². The number of nitrogens with two attached hydrogens (primary N) is 1. The summed E-state index contributed by atoms with van der Waals surface area (Å²) in [7, 11) is -1.40. The van der Waals surface area contributed by atoms with Crippen LogP contribution in [0.3, 0.4) is 0 Å². The molecule has 0 aromatic rings. The molecule has 0 amide bonds. The second-order valence-electron chi connectivity index (χ2n) is 2.20. The second kappa shape index (κ2) is 2.85. The molecule has 0 saturated heterocycles. The summed E-state index contributed by atoms with van der Waals surface area (Å²) in [5, 5.41) is 5.00. The minimum Gasteiger partial charge on any atom is -0.273 e. The lowest BCUT2D eigenvalue weighted by atomic mass is 10.4. The van der Waals surface area contributed by atoms with Gasteiger partial charge in [-0.15, -0.1) is 0 Å². The molecule has 0 rings (SSSR count). The van der Waals surface area contributed by atoms with Crippen LogP contribution in [0.25, 0.3) is 0 Å². The van der Waals surface area contributed by atoms with E-state index in [2.05, 4.69) is 0 Å². The minimum absolute atomic E-state index is 0.0556. The molecule has 9 heavy (non-hydrogen) atoms. The Morgan fingerprint density at radius 3 is 1.78 bits per heavy atom. The molecule has 0 aliphatic heterocycles. The van der Waals surface area contributed by atoms with Gasteiger partial charge in [-0.05, 0) is 13.8 Å². The third kappa shape index (κ3) is 3.02. The molecule has 0 aliphatic rings. The summed E-state index contributed by atoms with van der Waals surface area (Å²) in [5.74, 6) is 0. The summed E-state index contributed by atoms with van der Waals surface area (Å²) in [5.41, 5.74) is 0. The predicted octanol–water partition coefficient (Wildman–Crippen LogP) is 0.866. The molecule has 0 aromatic heterocycles. The van der Waals surface area contributed by atoms with Crippen molar-refractivity contribution in [1.82, 2.24) is 4.31 Å². The summed E-state index contributed by atoms with van der Waals surface area (Å²) < 4.78 is 18.9. The summed E-state index contributed by atoms with van der Waals surface area (Å²) >= 11 is 0. The zero-order chi connectivity index (χ0) is 7.65. The molecule has 0 bridgehead atoms. The van der Waals surface area contributed by atoms with E-state index in [4.69, 9.17) is 14.2 Å². The normalized spacial score (nSPS) is 15.1. The average molecular weight is 154 g/mol. The summed E-state index contributed by atoms with van der Waals surface area (Å²) in [6.07, 6.45) is 0. The van der Waals surface area contributed by atoms with Crippen molar-refractivity contribution in [2.45, 2.75) is 19.9 Å². The van der Waals surface area contributed by atoms with Crippen molar-refractivity contribution in [3.05, 3.63) is 0 Å². The molecule has 4 nitrogen and oxygen atoms in total. The van der Waals surface area contributed by atoms with E-state index >= 15 is 0 Å². The molecule has 0 radical (unpaired) electrons. The Morgan fingerprint density at radius 1 is 1.44 bits per heavy atom. The maximum absolute atomic E-state index is 8.80. The van der Waals surface area contributed by atoms with Crippen LogP contribution < -0.4 is 5.14 Å². The lowest BCUT2D eigenvalue weighted by molar-refractivity contribution is 0.347. The van der Waals surface area contributed by atoms with Crippen LogP contribution >= 0.6 is 11.0 Å². The molecule has 0 atom stereocenters. The first-order valence-electron chi connectivity index (χ1n) is 2.64. The molecule has 0 saturated carbocycles. The first kappa shape index (κ1) is 9.19. The lowest BCUT2D eigenvalue weighted by Gasteiger charge is -2.38. The zero-order valence-corrected chi connectivity index (χ0v) is 6.72. The van der Waals surface area contributed by atoms with E-state index in [-0.39, 0.29) is 6.04 Å². The van der Waals surface area contributed by atoms with Crippen molar-refractivity contribution in [3.8, 4) is 0 Å². The van der Waals surface area contributed by atoms with Crippen LogP contribution in [0.4, 0.5) is 0 Å². The molecule has 0 aliphatic carbocycles. The van der Waals surface area contributed by atoms with Gasteiger partial charge in [0, 0.05) is 13.1 Å². The van der Waals surface area contributed by atoms with E-state index in [1.165, 1.54) is 4.31 Å². The van der Waals surface area contributed by atoms with Crippen molar-refractivity contribution in [2.75, 3.05) is 7.05 Å². The Balaban J connectivity index is 3.88. The molecule has 58 valence electrons. The van der Waals surface area contributed by atoms with E-state index in [1.54, 1.807) is 7.05 Å². The van der Waals surface area contributed by atoms with Crippen LogP contribution in [0, 0.1) is 0 Å². The highest BCUT2D eigenvalue weighted by Crippen LogP contribution is 2.33. The Morgan fingerprint density at radius 2 is 1.78 bits per heavy atom. The number of rotatable bonds is 2. The molecule has 0 fully saturated rings. The van der Waals surface area contributed by atoms with Crippen LogP contribution in [0.5, 0.6) is 0 Å². The Kier molecular flexibility index (Phi) is 2.91. The van der Waals surface area contributed by atoms with E-state index in [9.17, 15) is 0 Å². The van der Waals surface area contributed by atoms with Gasteiger partial charge in [-0.3, -0.25) is 9.11 Å². The summed E-state index contributed by atoms with van der Waals surface area (Å²) in [4.78, 5) is 0. The molecule has 0 spiro atoms. The van der Waals surface area contributed by atoms with Gasteiger partial charge in [0.05, 0.1) is 0 Å². The molecular formula is C4H14N2O2S. The van der Waals surface area contributed by atoms with Gasteiger partial charge in [-0.2, -0.15) is 4.31 Å². The van der Waals surface area contributed by atoms with Crippen LogP contribution in [-0.4, -0.2) is 26.5 Å². The van der Waals surface area contributed by atoms with Crippen molar-refractivity contribution in [2.24, 2.45) is 5.14 Å². The number of nitrogens with zero attached hydrogens (tertiary/aromatic N) is 1. The molecule has 0 aromatic carbocycles. The van der Waals surface area contributed by atoms with Crippen LogP contribution in [0.2, 0.25) is 0 Å². The van der Waals surface area contributed by atoms with Crippen LogP contribution in [0.15, 0.2) is 0 Å². The maximum atomic E-state index is 8.80. The zero-order valence-electron chi connectivity index (χ0n) is 5.90. The summed E-state index contributed by atoms with van der Waals surface area (Å²) in [6.45, 7) is 3.67. The van der Waals surface area contributed by atoms with Gasteiger partial charge in [0.1, 0.15) is 0 Å². The van der Waals surface area contributed by atoms with E-state index in [0.717, 1.165) is 0 Å². The fourth-order valence-electron chi connectivity index (χ4n) is 0.310. The van der Waals surface area contributed by atoms with Gasteiger partial charge >= 0.3 is 0 Å². The van der Waals surface area contributed by atoms with Gasteiger partial charge in [0.25, 0.3) is 0 Å². The molecule has 4 N–H and O–H groups in total. The second-order valence-corrected chi connectivity index (χ2v) is 3.90. The van der Waals surface area contributed by atoms with Crippen LogP contribution in [0.1, 0.15) is 13.8 Å². The quantitative estimate of drug-likeness (QED) is 0.552. The Labute approximate surface area is 57.3 Å². The average Bonchev–Trinajstić information content (AvgIpc) is 1.62. The number of hydrogen-bond acceptors (Lipinski definition) is 4. The topological polar surface area (TPSA) is 69.7 Å². The molecule has 0 heterocycles. The fraction of sp³-hybridized carbons (Fsp3) is 1.00. The lowest BCUT2D eigenvalue weighted by Crippen LogP contribution is -2.34. The standard InChI is InChI=1S/C4H14N2O2S/c1-4(2)6(3)9(5,7)8/h4,7-8H,5H2,1-3H3. The maximum Gasteiger partial charge on any atom is 0.0244 e. The highest BCUT2D eigenvalue weighted by Gasteiger charge is 2.15. The third-order valence-electron chi connectivity index (χ3n) is 1.15. The highest BCUT2D eigenvalue weighted by molar-refractivity contribution is 8.20. The fourth-order valence-corrected chi connectivity index (χ4v) is 0.931. The minimum atomic E-state index is -2.97. The van der Waals surface area contributed by atoms with Crippen LogP contribution in [-0.2, 0) is 0 Å². The highest BCUT2D eigenvalue weighted by atomic mass is 32.3. The largest absolute Gasteiger partial charge is 0.273 e. The first-order valence-corrected chi connectivity index (χ1v) is 4.21. The van der Waals surface area contributed by atoms with Gasteiger partial charge in [0.15, 0.2) is 0 Å². The van der Waals surface area contributed by atoms with Gasteiger partial charge in [0.2, 0.25) is 0 Å². The number of hydrogen-bond donors (Lipinski definition) is 3. The first-order chi connectivity index (χ1) is 3.85. The Bertz CT molecular complexity index is 91.1. The van der Waals surface area contributed by atoms with Gasteiger partial charge in [-0.1, -0.05) is 11.0 Å². The van der Waals surface area contributed by atoms with Crippen molar-refractivity contribution >= 4 is 11.0 Å². The third-order valence-corrected chi connectivity index (χ3v) is 2.42.